The van der Waals surface area contributed by atoms with Crippen LogP contribution in [-0.4, -0.2) is 32.3 Å². The van der Waals surface area contributed by atoms with Crippen LogP contribution in [0.5, 0.6) is 0 Å². The number of nitrogen functional groups attached to an aromatic ring is 1. The first-order valence-electron chi connectivity index (χ1n) is 7.19. The van der Waals surface area contributed by atoms with Crippen LogP contribution in [-0.2, 0) is 9.47 Å². The van der Waals surface area contributed by atoms with Gasteiger partial charge in [0.15, 0.2) is 0 Å². The smallest absolute Gasteiger partial charge is 0.340 e. The van der Waals surface area contributed by atoms with E-state index in [0.29, 0.717) is 34.5 Å². The van der Waals surface area contributed by atoms with E-state index < -0.39 is 5.97 Å². The van der Waals surface area contributed by atoms with E-state index in [1.54, 1.807) is 19.1 Å². The number of rotatable bonds is 6. The second-order valence-corrected chi connectivity index (χ2v) is 5.50. The van der Waals surface area contributed by atoms with Gasteiger partial charge in [0.1, 0.15) is 0 Å². The van der Waals surface area contributed by atoms with Gasteiger partial charge < -0.3 is 20.5 Å². The summed E-state index contributed by atoms with van der Waals surface area (Å²) in [5.41, 5.74) is 7.16. The number of carbonyl (C=O) groups is 1. The molecule has 0 aromatic heterocycles. The zero-order chi connectivity index (χ0) is 15.2. The molecule has 6 heteroatoms. The van der Waals surface area contributed by atoms with E-state index in [1.807, 2.05) is 0 Å². The molecule has 1 saturated heterocycles. The summed E-state index contributed by atoms with van der Waals surface area (Å²) in [5, 5.41) is 3.66. The van der Waals surface area contributed by atoms with Crippen LogP contribution >= 0.6 is 11.6 Å². The van der Waals surface area contributed by atoms with Crippen LogP contribution in [0.3, 0.4) is 0 Å². The largest absolute Gasteiger partial charge is 0.462 e. The molecule has 1 aromatic rings. The Kier molecular flexibility index (Phi) is 5.70. The highest BCUT2D eigenvalue weighted by atomic mass is 35.5. The van der Waals surface area contributed by atoms with E-state index in [0.717, 1.165) is 32.6 Å². The molecular weight excluding hydrogens is 292 g/mol. The number of halogens is 1. The van der Waals surface area contributed by atoms with Crippen molar-refractivity contribution in [3.8, 4) is 0 Å². The SMILES string of the molecule is CCOC(=O)c1cc(N)cc(Cl)c1NCCC1CCOC1. The summed E-state index contributed by atoms with van der Waals surface area (Å²) < 4.78 is 10.4. The molecule has 1 heterocycles. The van der Waals surface area contributed by atoms with Gasteiger partial charge in [0.2, 0.25) is 0 Å². The number of nitrogens with one attached hydrogen (secondary N) is 1. The van der Waals surface area contributed by atoms with Crippen molar-refractivity contribution in [3.63, 3.8) is 0 Å². The van der Waals surface area contributed by atoms with E-state index in [9.17, 15) is 4.79 Å². The molecule has 0 amide bonds. The van der Waals surface area contributed by atoms with Gasteiger partial charge >= 0.3 is 5.97 Å². The van der Waals surface area contributed by atoms with Gasteiger partial charge in [-0.15, -0.1) is 0 Å². The van der Waals surface area contributed by atoms with Crippen LogP contribution in [0, 0.1) is 5.92 Å². The zero-order valence-electron chi connectivity index (χ0n) is 12.2. The molecule has 1 aliphatic heterocycles. The van der Waals surface area contributed by atoms with Crippen LogP contribution in [0.15, 0.2) is 12.1 Å². The molecule has 1 fully saturated rings. The van der Waals surface area contributed by atoms with Crippen LogP contribution in [0.1, 0.15) is 30.1 Å². The highest BCUT2D eigenvalue weighted by molar-refractivity contribution is 6.34. The van der Waals surface area contributed by atoms with Crippen LogP contribution in [0.2, 0.25) is 5.02 Å². The lowest BCUT2D eigenvalue weighted by molar-refractivity contribution is 0.0527. The first-order chi connectivity index (χ1) is 10.1. The molecular formula is C15H21ClN2O3. The minimum atomic E-state index is -0.418. The molecule has 0 spiro atoms. The van der Waals surface area contributed by atoms with Gasteiger partial charge in [-0.05, 0) is 37.8 Å². The standard InChI is InChI=1S/C15H21ClN2O3/c1-2-21-15(19)12-7-11(17)8-13(16)14(12)18-5-3-10-4-6-20-9-10/h7-8,10,18H,2-6,9,17H2,1H3. The predicted molar refractivity (Wildman–Crippen MR) is 83.9 cm³/mol. The van der Waals surface area contributed by atoms with Crippen LogP contribution in [0.4, 0.5) is 11.4 Å². The molecule has 0 aliphatic carbocycles. The summed E-state index contributed by atoms with van der Waals surface area (Å²) in [6.45, 7) is 4.44. The predicted octanol–water partition coefficient (Wildman–Crippen LogP) is 2.94. The minimum Gasteiger partial charge on any atom is -0.462 e. The molecule has 0 saturated carbocycles. The van der Waals surface area contributed by atoms with Crippen molar-refractivity contribution in [2.24, 2.45) is 5.92 Å². The van der Waals surface area contributed by atoms with Gasteiger partial charge in [0, 0.05) is 25.4 Å². The molecule has 116 valence electrons. The van der Waals surface area contributed by atoms with Crippen molar-refractivity contribution < 1.29 is 14.3 Å². The lowest BCUT2D eigenvalue weighted by Gasteiger charge is -2.15. The van der Waals surface area contributed by atoms with Gasteiger partial charge in [-0.2, -0.15) is 0 Å². The Morgan fingerprint density at radius 1 is 1.57 bits per heavy atom. The van der Waals surface area contributed by atoms with Gasteiger partial charge in [0.25, 0.3) is 0 Å². The number of ether oxygens (including phenoxy) is 2. The highest BCUT2D eigenvalue weighted by Gasteiger charge is 2.18. The molecule has 3 N–H and O–H groups in total. The fraction of sp³-hybridized carbons (Fsp3) is 0.533. The Bertz CT molecular complexity index is 502. The Hall–Kier alpha value is -1.46. The third kappa shape index (κ3) is 4.25. The molecule has 21 heavy (non-hydrogen) atoms. The number of nitrogens with two attached hydrogens (primary N) is 1. The third-order valence-electron chi connectivity index (χ3n) is 3.49. The minimum absolute atomic E-state index is 0.310. The van der Waals surface area contributed by atoms with Crippen molar-refractivity contribution in [2.45, 2.75) is 19.8 Å². The summed E-state index contributed by atoms with van der Waals surface area (Å²) >= 11 is 6.20. The monoisotopic (exact) mass is 312 g/mol. The van der Waals surface area contributed by atoms with Crippen molar-refractivity contribution in [1.29, 1.82) is 0 Å². The van der Waals surface area contributed by atoms with E-state index >= 15 is 0 Å². The van der Waals surface area contributed by atoms with E-state index in [-0.39, 0.29) is 0 Å². The molecule has 0 bridgehead atoms. The summed E-state index contributed by atoms with van der Waals surface area (Å²) in [6, 6.07) is 3.22. The molecule has 0 radical (unpaired) electrons. The molecule has 1 atom stereocenters. The fourth-order valence-electron chi connectivity index (χ4n) is 2.39. The van der Waals surface area contributed by atoms with Crippen molar-refractivity contribution >= 4 is 28.9 Å². The number of hydrogen-bond acceptors (Lipinski definition) is 5. The second-order valence-electron chi connectivity index (χ2n) is 5.09. The average molecular weight is 313 g/mol. The molecule has 1 unspecified atom stereocenters. The Labute approximate surface area is 129 Å². The maximum Gasteiger partial charge on any atom is 0.340 e. The summed E-state index contributed by atoms with van der Waals surface area (Å²) in [5.74, 6) is 0.148. The van der Waals surface area contributed by atoms with Crippen molar-refractivity contribution in [3.05, 3.63) is 22.7 Å². The quantitative estimate of drug-likeness (QED) is 0.624. The highest BCUT2D eigenvalue weighted by Crippen LogP contribution is 2.30. The van der Waals surface area contributed by atoms with Crippen molar-refractivity contribution in [1.82, 2.24) is 0 Å². The Morgan fingerprint density at radius 3 is 3.05 bits per heavy atom. The normalized spacial score (nSPS) is 17.7. The van der Waals surface area contributed by atoms with E-state index in [4.69, 9.17) is 26.8 Å². The summed E-state index contributed by atoms with van der Waals surface area (Å²) in [6.07, 6.45) is 2.06. The lowest BCUT2D eigenvalue weighted by Crippen LogP contribution is -2.14. The zero-order valence-corrected chi connectivity index (χ0v) is 12.9. The van der Waals surface area contributed by atoms with Crippen molar-refractivity contribution in [2.75, 3.05) is 37.4 Å². The molecule has 1 aliphatic rings. The Balaban J connectivity index is 2.06. The number of esters is 1. The van der Waals surface area contributed by atoms with E-state index in [2.05, 4.69) is 5.32 Å². The third-order valence-corrected chi connectivity index (χ3v) is 3.78. The Morgan fingerprint density at radius 2 is 2.38 bits per heavy atom. The first-order valence-corrected chi connectivity index (χ1v) is 7.57. The fourth-order valence-corrected chi connectivity index (χ4v) is 2.68. The number of benzene rings is 1. The number of carbonyl (C=O) groups excluding carboxylic acids is 1. The first kappa shape index (κ1) is 15.9. The number of hydrogen-bond donors (Lipinski definition) is 2. The number of anilines is 2. The molecule has 1 aromatic carbocycles. The van der Waals surface area contributed by atoms with E-state index in [1.165, 1.54) is 0 Å². The van der Waals surface area contributed by atoms with Crippen LogP contribution < -0.4 is 11.1 Å². The molecule has 2 rings (SSSR count). The average Bonchev–Trinajstić information content (AvgIpc) is 2.94. The van der Waals surface area contributed by atoms with Crippen LogP contribution in [0.25, 0.3) is 0 Å². The topological polar surface area (TPSA) is 73.6 Å². The second kappa shape index (κ2) is 7.52. The van der Waals surface area contributed by atoms with Gasteiger partial charge in [-0.1, -0.05) is 11.6 Å². The summed E-state index contributed by atoms with van der Waals surface area (Å²) in [7, 11) is 0. The van der Waals surface area contributed by atoms with Gasteiger partial charge in [-0.25, -0.2) is 4.79 Å². The van der Waals surface area contributed by atoms with Gasteiger partial charge in [0.05, 0.1) is 22.9 Å². The lowest BCUT2D eigenvalue weighted by atomic mass is 10.0. The maximum atomic E-state index is 12.0. The summed E-state index contributed by atoms with van der Waals surface area (Å²) in [4.78, 5) is 12.0. The maximum absolute atomic E-state index is 12.0. The molecule has 5 nitrogen and oxygen atoms in total. The van der Waals surface area contributed by atoms with Gasteiger partial charge in [-0.3, -0.25) is 0 Å².